The second-order valence-corrected chi connectivity index (χ2v) is 7.78. The molecule has 0 atom stereocenters. The molecule has 1 aromatic carbocycles. The maximum Gasteiger partial charge on any atom is 0.412 e. The molecule has 3 N–H and O–H groups in total. The number of aryl methyl sites for hydroxylation is 1. The van der Waals surface area contributed by atoms with Crippen molar-refractivity contribution in [1.29, 1.82) is 0 Å². The predicted molar refractivity (Wildman–Crippen MR) is 95.0 cm³/mol. The summed E-state index contributed by atoms with van der Waals surface area (Å²) < 4.78 is 5.38. The molecular weight excluding hydrogens is 288 g/mol. The number of carbonyl (C=O) groups excluding carboxylic acids is 1. The Hall–Kier alpha value is -1.55. The molecule has 0 saturated heterocycles. The molecule has 4 heteroatoms. The summed E-state index contributed by atoms with van der Waals surface area (Å²) in [6, 6.07) is 4.32. The van der Waals surface area contributed by atoms with Crippen LogP contribution in [-0.2, 0) is 10.2 Å². The third kappa shape index (κ3) is 4.05. The van der Waals surface area contributed by atoms with Crippen LogP contribution in [0.2, 0.25) is 0 Å². The van der Waals surface area contributed by atoms with Crippen molar-refractivity contribution in [3.05, 3.63) is 28.8 Å². The molecule has 0 aromatic heterocycles. The average molecular weight is 318 g/mol. The highest BCUT2D eigenvalue weighted by atomic mass is 16.6. The Bertz CT molecular complexity index is 582. The van der Waals surface area contributed by atoms with Crippen LogP contribution in [0.4, 0.5) is 10.5 Å². The lowest BCUT2D eigenvalue weighted by atomic mass is 9.78. The van der Waals surface area contributed by atoms with Crippen molar-refractivity contribution in [3.8, 4) is 0 Å². The minimum atomic E-state index is -0.505. The van der Waals surface area contributed by atoms with Gasteiger partial charge in [-0.1, -0.05) is 18.9 Å². The van der Waals surface area contributed by atoms with E-state index < -0.39 is 11.7 Å². The van der Waals surface area contributed by atoms with Crippen molar-refractivity contribution in [2.75, 3.05) is 11.9 Å². The first-order chi connectivity index (χ1) is 10.7. The lowest BCUT2D eigenvalue weighted by Gasteiger charge is -2.29. The number of nitrogens with two attached hydrogens (primary N) is 1. The molecule has 0 aliphatic heterocycles. The summed E-state index contributed by atoms with van der Waals surface area (Å²) in [7, 11) is 0. The van der Waals surface area contributed by atoms with Gasteiger partial charge >= 0.3 is 6.09 Å². The largest absolute Gasteiger partial charge is 0.444 e. The van der Waals surface area contributed by atoms with Gasteiger partial charge < -0.3 is 10.5 Å². The van der Waals surface area contributed by atoms with E-state index in [2.05, 4.69) is 24.4 Å². The molecule has 1 aliphatic carbocycles. The van der Waals surface area contributed by atoms with Gasteiger partial charge in [0.25, 0.3) is 0 Å². The van der Waals surface area contributed by atoms with Crippen LogP contribution < -0.4 is 11.1 Å². The van der Waals surface area contributed by atoms with Gasteiger partial charge in [-0.05, 0) is 70.2 Å². The molecule has 0 bridgehead atoms. The second-order valence-electron chi connectivity index (χ2n) is 7.78. The molecule has 0 heterocycles. The van der Waals surface area contributed by atoms with Crippen LogP contribution in [0.5, 0.6) is 0 Å². The topological polar surface area (TPSA) is 64.3 Å². The lowest BCUT2D eigenvalue weighted by Crippen LogP contribution is -2.32. The third-order valence-electron chi connectivity index (χ3n) is 4.87. The smallest absolute Gasteiger partial charge is 0.412 e. The highest BCUT2D eigenvalue weighted by Gasteiger charge is 2.35. The Morgan fingerprint density at radius 3 is 2.39 bits per heavy atom. The zero-order chi connectivity index (χ0) is 17.3. The van der Waals surface area contributed by atoms with E-state index in [1.807, 2.05) is 27.7 Å². The Kier molecular flexibility index (Phi) is 5.04. The summed E-state index contributed by atoms with van der Waals surface area (Å²) in [5.74, 6) is 0. The Labute approximate surface area is 139 Å². The van der Waals surface area contributed by atoms with Gasteiger partial charge in [0.05, 0.1) is 0 Å². The fraction of sp³-hybridized carbons (Fsp3) is 0.632. The van der Waals surface area contributed by atoms with E-state index in [1.54, 1.807) is 0 Å². The number of ether oxygens (including phenoxy) is 1. The monoisotopic (exact) mass is 318 g/mol. The van der Waals surface area contributed by atoms with Gasteiger partial charge in [0.2, 0.25) is 0 Å². The summed E-state index contributed by atoms with van der Waals surface area (Å²) in [5.41, 5.74) is 9.98. The maximum atomic E-state index is 12.1. The molecule has 1 saturated carbocycles. The molecule has 128 valence electrons. The summed E-state index contributed by atoms with van der Waals surface area (Å²) in [4.78, 5) is 12.1. The zero-order valence-corrected chi connectivity index (χ0v) is 15.1. The molecule has 0 radical (unpaired) electrons. The average Bonchev–Trinajstić information content (AvgIpc) is 2.91. The molecule has 23 heavy (non-hydrogen) atoms. The molecule has 4 nitrogen and oxygen atoms in total. The molecule has 1 fully saturated rings. The van der Waals surface area contributed by atoms with E-state index >= 15 is 0 Å². The molecule has 1 aromatic rings. The van der Waals surface area contributed by atoms with Crippen LogP contribution in [-0.4, -0.2) is 18.2 Å². The number of anilines is 1. The van der Waals surface area contributed by atoms with Crippen molar-refractivity contribution >= 4 is 11.8 Å². The number of nitrogens with one attached hydrogen (secondary N) is 1. The summed E-state index contributed by atoms with van der Waals surface area (Å²) >= 11 is 0. The number of hydrogen-bond donors (Lipinski definition) is 2. The Balaban J connectivity index is 2.31. The van der Waals surface area contributed by atoms with Gasteiger partial charge in [0, 0.05) is 17.6 Å². The maximum absolute atomic E-state index is 12.1. The van der Waals surface area contributed by atoms with Gasteiger partial charge in [-0.25, -0.2) is 4.79 Å². The van der Waals surface area contributed by atoms with E-state index in [9.17, 15) is 4.79 Å². The summed E-state index contributed by atoms with van der Waals surface area (Å²) in [5, 5.41) is 2.91. The third-order valence-corrected chi connectivity index (χ3v) is 4.87. The van der Waals surface area contributed by atoms with Crippen molar-refractivity contribution in [2.45, 2.75) is 71.3 Å². The molecular formula is C19H30N2O2. The first kappa shape index (κ1) is 17.8. The molecule has 0 unspecified atom stereocenters. The first-order valence-corrected chi connectivity index (χ1v) is 8.49. The lowest BCUT2D eigenvalue weighted by molar-refractivity contribution is 0.0636. The van der Waals surface area contributed by atoms with Crippen molar-refractivity contribution in [2.24, 2.45) is 5.73 Å². The van der Waals surface area contributed by atoms with Crippen molar-refractivity contribution in [1.82, 2.24) is 0 Å². The van der Waals surface area contributed by atoms with E-state index in [1.165, 1.54) is 24.0 Å². The van der Waals surface area contributed by atoms with Crippen LogP contribution in [0.25, 0.3) is 0 Å². The quantitative estimate of drug-likeness (QED) is 0.867. The summed E-state index contributed by atoms with van der Waals surface area (Å²) in [6.45, 7) is 10.4. The van der Waals surface area contributed by atoms with Crippen LogP contribution >= 0.6 is 0 Å². The van der Waals surface area contributed by atoms with E-state index in [-0.39, 0.29) is 5.41 Å². The van der Waals surface area contributed by atoms with E-state index in [0.717, 1.165) is 24.1 Å². The van der Waals surface area contributed by atoms with Gasteiger partial charge in [-0.2, -0.15) is 0 Å². The highest BCUT2D eigenvalue weighted by Crippen LogP contribution is 2.42. The molecule has 1 amide bonds. The number of amides is 1. The van der Waals surface area contributed by atoms with Gasteiger partial charge in [0.1, 0.15) is 5.60 Å². The standard InChI is InChI=1S/C19H30N2O2/c1-13-10-15(19(12-20)8-6-7-9-19)11-16(14(13)2)21-17(22)23-18(3,4)5/h10-11H,6-9,12,20H2,1-5H3,(H,21,22). The normalized spacial score (nSPS) is 17.1. The summed E-state index contributed by atoms with van der Waals surface area (Å²) in [6.07, 6.45) is 4.28. The SMILES string of the molecule is Cc1cc(C2(CN)CCCC2)cc(NC(=O)OC(C)(C)C)c1C. The van der Waals surface area contributed by atoms with Crippen LogP contribution in [0.1, 0.15) is 63.1 Å². The first-order valence-electron chi connectivity index (χ1n) is 8.49. The van der Waals surface area contributed by atoms with Crippen LogP contribution in [0.15, 0.2) is 12.1 Å². The second kappa shape index (κ2) is 6.52. The number of benzene rings is 1. The van der Waals surface area contributed by atoms with Gasteiger partial charge in [-0.15, -0.1) is 0 Å². The van der Waals surface area contributed by atoms with E-state index in [4.69, 9.17) is 10.5 Å². The Morgan fingerprint density at radius 2 is 1.87 bits per heavy atom. The molecule has 2 rings (SSSR count). The minimum Gasteiger partial charge on any atom is -0.444 e. The van der Waals surface area contributed by atoms with Crippen molar-refractivity contribution < 1.29 is 9.53 Å². The Morgan fingerprint density at radius 1 is 1.26 bits per heavy atom. The van der Waals surface area contributed by atoms with Crippen molar-refractivity contribution in [3.63, 3.8) is 0 Å². The van der Waals surface area contributed by atoms with E-state index in [0.29, 0.717) is 6.54 Å². The fourth-order valence-electron chi connectivity index (χ4n) is 3.37. The molecule has 1 aliphatic rings. The number of carbonyl (C=O) groups is 1. The fourth-order valence-corrected chi connectivity index (χ4v) is 3.37. The number of rotatable bonds is 3. The van der Waals surface area contributed by atoms with Gasteiger partial charge in [-0.3, -0.25) is 5.32 Å². The number of hydrogen-bond acceptors (Lipinski definition) is 3. The minimum absolute atomic E-state index is 0.0584. The predicted octanol–water partition coefficient (Wildman–Crippen LogP) is 4.42. The van der Waals surface area contributed by atoms with Crippen LogP contribution in [0, 0.1) is 13.8 Å². The highest BCUT2D eigenvalue weighted by molar-refractivity contribution is 5.86. The van der Waals surface area contributed by atoms with Gasteiger partial charge in [0.15, 0.2) is 0 Å². The molecule has 0 spiro atoms. The van der Waals surface area contributed by atoms with Crippen LogP contribution in [0.3, 0.4) is 0 Å². The zero-order valence-electron chi connectivity index (χ0n) is 15.1.